The van der Waals surface area contributed by atoms with E-state index in [9.17, 15) is 4.79 Å². The van der Waals surface area contributed by atoms with Crippen molar-refractivity contribution in [2.24, 2.45) is 0 Å². The second kappa shape index (κ2) is 10.2. The lowest BCUT2D eigenvalue weighted by Crippen LogP contribution is -2.28. The van der Waals surface area contributed by atoms with E-state index in [0.29, 0.717) is 18.0 Å². The zero-order valence-corrected chi connectivity index (χ0v) is 17.7. The molecule has 0 unspecified atom stereocenters. The topological polar surface area (TPSA) is 73.3 Å². The molecule has 1 heterocycles. The van der Waals surface area contributed by atoms with Crippen molar-refractivity contribution in [2.45, 2.75) is 6.54 Å². The summed E-state index contributed by atoms with van der Waals surface area (Å²) in [5, 5.41) is 2.83. The highest BCUT2D eigenvalue weighted by Crippen LogP contribution is 2.22. The predicted molar refractivity (Wildman–Crippen MR) is 123 cm³/mol. The SMILES string of the molecule is COc1ccc(-c2cc(CNC(=O)COc3ccc(-c4ccccc4)cc3)ncn2)cc1. The number of carbonyl (C=O) groups excluding carboxylic acids is 1. The minimum absolute atomic E-state index is 0.0683. The molecule has 0 atom stereocenters. The maximum Gasteiger partial charge on any atom is 0.258 e. The highest BCUT2D eigenvalue weighted by Gasteiger charge is 2.07. The molecule has 6 nitrogen and oxygen atoms in total. The van der Waals surface area contributed by atoms with E-state index in [1.165, 1.54) is 6.33 Å². The van der Waals surface area contributed by atoms with Crippen molar-refractivity contribution in [1.82, 2.24) is 15.3 Å². The molecule has 6 heteroatoms. The monoisotopic (exact) mass is 425 g/mol. The van der Waals surface area contributed by atoms with Crippen molar-refractivity contribution in [2.75, 3.05) is 13.7 Å². The summed E-state index contributed by atoms with van der Waals surface area (Å²) in [4.78, 5) is 20.8. The van der Waals surface area contributed by atoms with Gasteiger partial charge in [0.05, 0.1) is 25.0 Å². The van der Waals surface area contributed by atoms with Crippen LogP contribution in [0.5, 0.6) is 11.5 Å². The minimum Gasteiger partial charge on any atom is -0.497 e. The van der Waals surface area contributed by atoms with E-state index in [-0.39, 0.29) is 12.5 Å². The molecular weight excluding hydrogens is 402 g/mol. The normalized spacial score (nSPS) is 10.4. The molecule has 4 rings (SSSR count). The number of carbonyl (C=O) groups is 1. The van der Waals surface area contributed by atoms with E-state index < -0.39 is 0 Å². The second-order valence-corrected chi connectivity index (χ2v) is 7.08. The van der Waals surface area contributed by atoms with Crippen molar-refractivity contribution in [3.8, 4) is 33.9 Å². The lowest BCUT2D eigenvalue weighted by atomic mass is 10.1. The molecule has 0 fully saturated rings. The van der Waals surface area contributed by atoms with Crippen LogP contribution in [0.2, 0.25) is 0 Å². The van der Waals surface area contributed by atoms with Crippen molar-refractivity contribution in [1.29, 1.82) is 0 Å². The number of hydrogen-bond acceptors (Lipinski definition) is 5. The molecule has 0 bridgehead atoms. The van der Waals surface area contributed by atoms with Gasteiger partial charge in [-0.2, -0.15) is 0 Å². The molecule has 0 saturated heterocycles. The second-order valence-electron chi connectivity index (χ2n) is 7.08. The molecule has 0 spiro atoms. The Morgan fingerprint density at radius 1 is 0.812 bits per heavy atom. The third kappa shape index (κ3) is 5.49. The number of nitrogens with zero attached hydrogens (tertiary/aromatic N) is 2. The fourth-order valence-corrected chi connectivity index (χ4v) is 3.18. The first-order chi connectivity index (χ1) is 15.7. The summed E-state index contributed by atoms with van der Waals surface area (Å²) < 4.78 is 10.8. The average Bonchev–Trinajstić information content (AvgIpc) is 2.87. The Bertz CT molecular complexity index is 1160. The summed E-state index contributed by atoms with van der Waals surface area (Å²) in [7, 11) is 1.63. The molecule has 0 aliphatic heterocycles. The number of amides is 1. The predicted octanol–water partition coefficient (Wildman–Crippen LogP) is 4.51. The van der Waals surface area contributed by atoms with Gasteiger partial charge in [0.25, 0.3) is 5.91 Å². The van der Waals surface area contributed by atoms with Crippen molar-refractivity contribution in [3.63, 3.8) is 0 Å². The quantitative estimate of drug-likeness (QED) is 0.450. The van der Waals surface area contributed by atoms with E-state index in [2.05, 4.69) is 27.4 Å². The molecule has 0 aliphatic carbocycles. The molecule has 0 aliphatic rings. The first kappa shape index (κ1) is 21.1. The smallest absolute Gasteiger partial charge is 0.258 e. The summed E-state index contributed by atoms with van der Waals surface area (Å²) >= 11 is 0. The molecule has 3 aromatic carbocycles. The molecule has 1 N–H and O–H groups in total. The van der Waals surface area contributed by atoms with E-state index in [0.717, 1.165) is 28.1 Å². The molecule has 1 aromatic heterocycles. The van der Waals surface area contributed by atoms with Gasteiger partial charge in [-0.25, -0.2) is 9.97 Å². The number of aromatic nitrogens is 2. The Hall–Kier alpha value is -4.19. The number of nitrogens with one attached hydrogen (secondary N) is 1. The van der Waals surface area contributed by atoms with Crippen LogP contribution < -0.4 is 14.8 Å². The van der Waals surface area contributed by atoms with Crippen LogP contribution in [0.15, 0.2) is 91.3 Å². The van der Waals surface area contributed by atoms with Crippen LogP contribution >= 0.6 is 0 Å². The molecular formula is C26H23N3O3. The van der Waals surface area contributed by atoms with Gasteiger partial charge in [-0.05, 0) is 53.6 Å². The van der Waals surface area contributed by atoms with E-state index in [1.54, 1.807) is 7.11 Å². The summed E-state index contributed by atoms with van der Waals surface area (Å²) in [6.45, 7) is 0.224. The van der Waals surface area contributed by atoms with E-state index in [4.69, 9.17) is 9.47 Å². The molecule has 1 amide bonds. The maximum atomic E-state index is 12.2. The van der Waals surface area contributed by atoms with Gasteiger partial charge < -0.3 is 14.8 Å². The average molecular weight is 425 g/mol. The Morgan fingerprint density at radius 3 is 2.19 bits per heavy atom. The fourth-order valence-electron chi connectivity index (χ4n) is 3.18. The Labute approximate surface area is 186 Å². The fraction of sp³-hybridized carbons (Fsp3) is 0.115. The highest BCUT2D eigenvalue weighted by molar-refractivity contribution is 5.77. The third-order valence-corrected chi connectivity index (χ3v) is 4.91. The number of benzene rings is 3. The van der Waals surface area contributed by atoms with Crippen molar-refractivity contribution < 1.29 is 14.3 Å². The summed E-state index contributed by atoms with van der Waals surface area (Å²) in [6, 6.07) is 27.2. The first-order valence-corrected chi connectivity index (χ1v) is 10.2. The first-order valence-electron chi connectivity index (χ1n) is 10.2. The van der Waals surface area contributed by atoms with Gasteiger partial charge in [0.15, 0.2) is 6.61 Å². The Balaban J connectivity index is 1.28. The lowest BCUT2D eigenvalue weighted by molar-refractivity contribution is -0.123. The van der Waals surface area contributed by atoms with Gasteiger partial charge >= 0.3 is 0 Å². The molecule has 0 saturated carbocycles. The number of ether oxygens (including phenoxy) is 2. The van der Waals surface area contributed by atoms with Crippen LogP contribution in [0.4, 0.5) is 0 Å². The summed E-state index contributed by atoms with van der Waals surface area (Å²) in [6.07, 6.45) is 1.49. The molecule has 160 valence electrons. The number of hydrogen-bond donors (Lipinski definition) is 1. The van der Waals surface area contributed by atoms with Crippen LogP contribution in [-0.4, -0.2) is 29.6 Å². The van der Waals surface area contributed by atoms with Crippen LogP contribution in [0.3, 0.4) is 0 Å². The van der Waals surface area contributed by atoms with Gasteiger partial charge in [0.1, 0.15) is 17.8 Å². The minimum atomic E-state index is -0.221. The van der Waals surface area contributed by atoms with Crippen LogP contribution in [0.1, 0.15) is 5.69 Å². The number of methoxy groups -OCH3 is 1. The van der Waals surface area contributed by atoms with Crippen molar-refractivity contribution in [3.05, 3.63) is 97.0 Å². The molecule has 32 heavy (non-hydrogen) atoms. The lowest BCUT2D eigenvalue weighted by Gasteiger charge is -2.09. The largest absolute Gasteiger partial charge is 0.497 e. The Morgan fingerprint density at radius 2 is 1.47 bits per heavy atom. The molecule has 4 aromatic rings. The van der Waals surface area contributed by atoms with Gasteiger partial charge in [-0.3, -0.25) is 4.79 Å². The Kier molecular flexibility index (Phi) is 6.72. The summed E-state index contributed by atoms with van der Waals surface area (Å²) in [5.74, 6) is 1.20. The van der Waals surface area contributed by atoms with Gasteiger partial charge in [0, 0.05) is 5.56 Å². The van der Waals surface area contributed by atoms with E-state index in [1.807, 2.05) is 72.8 Å². The zero-order chi connectivity index (χ0) is 22.2. The van der Waals surface area contributed by atoms with Crippen LogP contribution in [0, 0.1) is 0 Å². The van der Waals surface area contributed by atoms with E-state index >= 15 is 0 Å². The van der Waals surface area contributed by atoms with Gasteiger partial charge in [-0.15, -0.1) is 0 Å². The molecule has 0 radical (unpaired) electrons. The van der Waals surface area contributed by atoms with Crippen molar-refractivity contribution >= 4 is 5.91 Å². The third-order valence-electron chi connectivity index (χ3n) is 4.91. The summed E-state index contributed by atoms with van der Waals surface area (Å²) in [5.41, 5.74) is 4.67. The van der Waals surface area contributed by atoms with Gasteiger partial charge in [0.2, 0.25) is 0 Å². The standard InChI is InChI=1S/C26H23N3O3/c1-31-23-11-9-21(10-12-23)25-15-22(28-18-29-25)16-27-26(30)17-32-24-13-7-20(8-14-24)19-5-3-2-4-6-19/h2-15,18H,16-17H2,1H3,(H,27,30). The van der Waals surface area contributed by atoms with Crippen LogP contribution in [0.25, 0.3) is 22.4 Å². The van der Waals surface area contributed by atoms with Crippen LogP contribution in [-0.2, 0) is 11.3 Å². The van der Waals surface area contributed by atoms with Gasteiger partial charge in [-0.1, -0.05) is 42.5 Å². The maximum absolute atomic E-state index is 12.2. The zero-order valence-electron chi connectivity index (χ0n) is 17.7. The highest BCUT2D eigenvalue weighted by atomic mass is 16.5. The number of rotatable bonds is 8.